The van der Waals surface area contributed by atoms with Gasteiger partial charge in [-0.3, -0.25) is 0 Å². The molecule has 3 nitrogen and oxygen atoms in total. The van der Waals surface area contributed by atoms with Crippen molar-refractivity contribution in [1.29, 1.82) is 0 Å². The second-order valence-corrected chi connectivity index (χ2v) is 5.95. The minimum atomic E-state index is -0.384. The van der Waals surface area contributed by atoms with Gasteiger partial charge in [0.2, 0.25) is 5.88 Å². The molecule has 0 fully saturated rings. The highest BCUT2D eigenvalue weighted by Crippen LogP contribution is 2.38. The lowest BCUT2D eigenvalue weighted by atomic mass is 10.0. The Hall–Kier alpha value is -1.60. The van der Waals surface area contributed by atoms with Crippen LogP contribution < -0.4 is 5.73 Å². The Morgan fingerprint density at radius 2 is 1.95 bits per heavy atom. The number of hydrogen-bond acceptors (Lipinski definition) is 3. The number of halogens is 3. The number of nitrogen functional groups attached to an aromatic ring is 1. The predicted molar refractivity (Wildman–Crippen MR) is 89.5 cm³/mol. The highest BCUT2D eigenvalue weighted by molar-refractivity contribution is 14.1. The van der Waals surface area contributed by atoms with Crippen LogP contribution in [0, 0.1) is 9.39 Å². The zero-order valence-corrected chi connectivity index (χ0v) is 13.5. The quantitative estimate of drug-likeness (QED) is 0.601. The summed E-state index contributed by atoms with van der Waals surface area (Å²) in [5, 5.41) is 4.54. The molecule has 2 N–H and O–H groups in total. The zero-order valence-electron chi connectivity index (χ0n) is 10.6. The highest BCUT2D eigenvalue weighted by atomic mass is 127. The minimum absolute atomic E-state index is 0.0739. The molecule has 1 heterocycles. The maximum atomic E-state index is 14.0. The number of nitrogens with two attached hydrogens (primary N) is 1. The number of rotatable bonds is 2. The van der Waals surface area contributed by atoms with E-state index in [1.165, 1.54) is 6.07 Å². The number of anilines is 1. The summed E-state index contributed by atoms with van der Waals surface area (Å²) in [7, 11) is 0. The van der Waals surface area contributed by atoms with E-state index in [4.69, 9.17) is 21.9 Å². The largest absolute Gasteiger partial charge is 0.367 e. The van der Waals surface area contributed by atoms with Crippen LogP contribution in [0.25, 0.3) is 22.4 Å². The Kier molecular flexibility index (Phi) is 3.86. The van der Waals surface area contributed by atoms with Crippen LogP contribution in [0.15, 0.2) is 47.0 Å². The first kappa shape index (κ1) is 14.3. The van der Waals surface area contributed by atoms with Crippen LogP contribution in [-0.2, 0) is 0 Å². The Morgan fingerprint density at radius 3 is 2.67 bits per heavy atom. The lowest BCUT2D eigenvalue weighted by Crippen LogP contribution is -1.91. The molecule has 0 saturated heterocycles. The molecule has 0 atom stereocenters. The van der Waals surface area contributed by atoms with E-state index in [9.17, 15) is 4.39 Å². The molecular formula is C15H9ClFIN2O. The maximum Gasteiger partial charge on any atom is 0.230 e. The molecule has 0 spiro atoms. The molecule has 0 aliphatic rings. The first-order valence-electron chi connectivity index (χ1n) is 6.03. The van der Waals surface area contributed by atoms with E-state index in [2.05, 4.69) is 27.7 Å². The van der Waals surface area contributed by atoms with Crippen molar-refractivity contribution in [1.82, 2.24) is 5.16 Å². The van der Waals surface area contributed by atoms with Crippen LogP contribution in [0.3, 0.4) is 0 Å². The summed E-state index contributed by atoms with van der Waals surface area (Å²) < 4.78 is 20.0. The van der Waals surface area contributed by atoms with Gasteiger partial charge in [0.15, 0.2) is 0 Å². The Labute approximate surface area is 139 Å². The van der Waals surface area contributed by atoms with Crippen molar-refractivity contribution in [3.8, 4) is 22.4 Å². The minimum Gasteiger partial charge on any atom is -0.367 e. The van der Waals surface area contributed by atoms with E-state index in [0.717, 1.165) is 9.13 Å². The van der Waals surface area contributed by atoms with Crippen LogP contribution >= 0.6 is 34.2 Å². The normalized spacial score (nSPS) is 10.8. The van der Waals surface area contributed by atoms with Gasteiger partial charge in [0.1, 0.15) is 11.5 Å². The van der Waals surface area contributed by atoms with Crippen molar-refractivity contribution in [2.24, 2.45) is 0 Å². The van der Waals surface area contributed by atoms with Crippen LogP contribution in [0.5, 0.6) is 0 Å². The van der Waals surface area contributed by atoms with Crippen molar-refractivity contribution >= 4 is 40.1 Å². The number of benzene rings is 2. The van der Waals surface area contributed by atoms with Gasteiger partial charge in [-0.05, 0) is 40.8 Å². The van der Waals surface area contributed by atoms with Gasteiger partial charge >= 0.3 is 0 Å². The predicted octanol–water partition coefficient (Wildman–Crippen LogP) is 4.99. The van der Waals surface area contributed by atoms with Gasteiger partial charge in [0.25, 0.3) is 0 Å². The molecule has 0 aliphatic heterocycles. The van der Waals surface area contributed by atoms with E-state index in [1.807, 2.05) is 12.1 Å². The smallest absolute Gasteiger partial charge is 0.230 e. The Bertz CT molecular complexity index is 819. The van der Waals surface area contributed by atoms with Crippen LogP contribution in [0.1, 0.15) is 0 Å². The summed E-state index contributed by atoms with van der Waals surface area (Å²) in [6.07, 6.45) is 0. The van der Waals surface area contributed by atoms with E-state index >= 15 is 0 Å². The first-order chi connectivity index (χ1) is 10.1. The summed E-state index contributed by atoms with van der Waals surface area (Å²) >= 11 is 8.26. The topological polar surface area (TPSA) is 52.0 Å². The van der Waals surface area contributed by atoms with E-state index in [-0.39, 0.29) is 11.7 Å². The lowest BCUT2D eigenvalue weighted by molar-refractivity contribution is 0.439. The van der Waals surface area contributed by atoms with E-state index in [0.29, 0.717) is 21.8 Å². The fraction of sp³-hybridized carbons (Fsp3) is 0. The average Bonchev–Trinajstić information content (AvgIpc) is 2.84. The molecule has 2 aromatic carbocycles. The molecule has 6 heteroatoms. The van der Waals surface area contributed by atoms with Crippen molar-refractivity contribution in [2.45, 2.75) is 0 Å². The molecule has 21 heavy (non-hydrogen) atoms. The van der Waals surface area contributed by atoms with Crippen molar-refractivity contribution in [3.63, 3.8) is 0 Å². The molecular weight excluding hydrogens is 406 g/mol. The lowest BCUT2D eigenvalue weighted by Gasteiger charge is -2.05. The summed E-state index contributed by atoms with van der Waals surface area (Å²) in [5.41, 5.74) is 7.79. The molecule has 3 rings (SSSR count). The van der Waals surface area contributed by atoms with Crippen molar-refractivity contribution < 1.29 is 8.91 Å². The zero-order chi connectivity index (χ0) is 15.0. The van der Waals surface area contributed by atoms with Gasteiger partial charge in [-0.15, -0.1) is 0 Å². The van der Waals surface area contributed by atoms with Gasteiger partial charge in [-0.1, -0.05) is 41.0 Å². The van der Waals surface area contributed by atoms with Gasteiger partial charge in [-0.25, -0.2) is 4.39 Å². The summed E-state index contributed by atoms with van der Waals surface area (Å²) in [6, 6.07) is 11.8. The fourth-order valence-electron chi connectivity index (χ4n) is 2.07. The molecule has 0 bridgehead atoms. The Balaban J connectivity index is 2.22. The van der Waals surface area contributed by atoms with Crippen LogP contribution in [-0.4, -0.2) is 5.16 Å². The van der Waals surface area contributed by atoms with Crippen LogP contribution in [0.4, 0.5) is 10.3 Å². The third-order valence-electron chi connectivity index (χ3n) is 3.05. The highest BCUT2D eigenvalue weighted by Gasteiger charge is 2.20. The third kappa shape index (κ3) is 2.63. The molecule has 0 aliphatic carbocycles. The molecule has 3 aromatic rings. The number of aromatic nitrogens is 1. The van der Waals surface area contributed by atoms with Gasteiger partial charge in [0.05, 0.1) is 10.6 Å². The number of nitrogens with zero attached hydrogens (tertiary/aromatic N) is 1. The third-order valence-corrected chi connectivity index (χ3v) is 4.63. The van der Waals surface area contributed by atoms with Gasteiger partial charge in [-0.2, -0.15) is 0 Å². The van der Waals surface area contributed by atoms with Crippen molar-refractivity contribution in [2.75, 3.05) is 5.73 Å². The molecule has 106 valence electrons. The second-order valence-electron chi connectivity index (χ2n) is 4.38. The second kappa shape index (κ2) is 5.65. The fourth-order valence-corrected chi connectivity index (χ4v) is 2.58. The molecule has 0 saturated carbocycles. The van der Waals surface area contributed by atoms with Crippen LogP contribution in [0.2, 0.25) is 5.02 Å². The summed E-state index contributed by atoms with van der Waals surface area (Å²) in [5.74, 6) is -0.310. The standard InChI is InChI=1S/C15H9ClFIN2O/c16-10-7-8(5-6-12(10)18)14-13(15(19)21-20-14)9-3-1-2-4-11(9)17/h1-7H,19H2. The van der Waals surface area contributed by atoms with Gasteiger partial charge < -0.3 is 10.3 Å². The molecule has 0 radical (unpaired) electrons. The average molecular weight is 415 g/mol. The maximum absolute atomic E-state index is 14.0. The molecule has 1 aromatic heterocycles. The SMILES string of the molecule is Nc1onc(-c2ccc(I)c(Cl)c2)c1-c1ccccc1F. The number of hydrogen-bond donors (Lipinski definition) is 1. The monoisotopic (exact) mass is 414 g/mol. The van der Waals surface area contributed by atoms with E-state index in [1.54, 1.807) is 24.3 Å². The van der Waals surface area contributed by atoms with Gasteiger partial charge in [0, 0.05) is 14.7 Å². The van der Waals surface area contributed by atoms with Crippen molar-refractivity contribution in [3.05, 3.63) is 56.9 Å². The molecule has 0 unspecified atom stereocenters. The Morgan fingerprint density at radius 1 is 1.19 bits per heavy atom. The summed E-state index contributed by atoms with van der Waals surface area (Å²) in [4.78, 5) is 0. The summed E-state index contributed by atoms with van der Waals surface area (Å²) in [6.45, 7) is 0. The van der Waals surface area contributed by atoms with E-state index < -0.39 is 0 Å². The molecule has 0 amide bonds. The first-order valence-corrected chi connectivity index (χ1v) is 7.49.